The Morgan fingerprint density at radius 2 is 2.00 bits per heavy atom. The molecule has 1 rings (SSSR count). The summed E-state index contributed by atoms with van der Waals surface area (Å²) in [6.07, 6.45) is -0.165. The second-order valence-corrected chi connectivity index (χ2v) is 3.88. The number of rotatable bonds is 6. The highest BCUT2D eigenvalue weighted by Gasteiger charge is 2.23. The number of likely N-dealkylation sites (N-methyl/N-ethyl adjacent to an activating group) is 1. The minimum atomic E-state index is -1.10. The van der Waals surface area contributed by atoms with Gasteiger partial charge in [0.1, 0.15) is 0 Å². The van der Waals surface area contributed by atoms with Crippen molar-refractivity contribution in [3.63, 3.8) is 0 Å². The molecule has 0 amide bonds. The quantitative estimate of drug-likeness (QED) is 0.632. The van der Waals surface area contributed by atoms with E-state index in [0.29, 0.717) is 6.54 Å². The lowest BCUT2D eigenvalue weighted by atomic mass is 10.0. The minimum absolute atomic E-state index is 0.00810. The molecule has 1 atom stereocenters. The number of methoxy groups -OCH3 is 1. The molecule has 4 nitrogen and oxygen atoms in total. The summed E-state index contributed by atoms with van der Waals surface area (Å²) in [6, 6.07) is 2.06. The molecule has 0 fully saturated rings. The molecule has 1 unspecified atom stereocenters. The zero-order chi connectivity index (χ0) is 14.4. The average Bonchev–Trinajstić information content (AvgIpc) is 2.40. The van der Waals surface area contributed by atoms with Gasteiger partial charge in [0.15, 0.2) is 17.4 Å². The van der Waals surface area contributed by atoms with Crippen LogP contribution in [0, 0.1) is 11.6 Å². The van der Waals surface area contributed by atoms with Crippen LogP contribution in [0.3, 0.4) is 0 Å². The largest absolute Gasteiger partial charge is 0.469 e. The van der Waals surface area contributed by atoms with Gasteiger partial charge in [-0.05, 0) is 24.7 Å². The maximum atomic E-state index is 13.1. The Kier molecular flexibility index (Phi) is 5.57. The number of esters is 1. The fraction of sp³-hybridized carbons (Fsp3) is 0.385. The Balaban J connectivity index is 2.91. The molecular formula is C13H15F2NO3. The fourth-order valence-corrected chi connectivity index (χ4v) is 1.60. The van der Waals surface area contributed by atoms with Crippen LogP contribution in [0.1, 0.15) is 23.7 Å². The van der Waals surface area contributed by atoms with Crippen molar-refractivity contribution in [2.75, 3.05) is 13.7 Å². The third-order valence-electron chi connectivity index (χ3n) is 2.57. The number of benzene rings is 1. The van der Waals surface area contributed by atoms with Gasteiger partial charge >= 0.3 is 5.97 Å². The number of halogens is 2. The van der Waals surface area contributed by atoms with E-state index in [4.69, 9.17) is 0 Å². The van der Waals surface area contributed by atoms with E-state index >= 15 is 0 Å². The molecule has 0 bridgehead atoms. The molecule has 0 radical (unpaired) electrons. The molecule has 0 heterocycles. The zero-order valence-corrected chi connectivity index (χ0v) is 10.7. The van der Waals surface area contributed by atoms with Gasteiger partial charge in [0.2, 0.25) is 0 Å². The van der Waals surface area contributed by atoms with Crippen LogP contribution in [0.5, 0.6) is 0 Å². The first kappa shape index (κ1) is 15.2. The standard InChI is InChI=1S/C13H15F2NO3/c1-3-16-11(7-12(17)19-2)13(18)8-4-5-9(14)10(15)6-8/h4-6,11,16H,3,7H2,1-2H3. The first-order valence-electron chi connectivity index (χ1n) is 5.79. The van der Waals surface area contributed by atoms with Crippen molar-refractivity contribution in [1.82, 2.24) is 5.32 Å². The number of carbonyl (C=O) groups excluding carboxylic acids is 2. The van der Waals surface area contributed by atoms with Crippen LogP contribution in [0.4, 0.5) is 8.78 Å². The third kappa shape index (κ3) is 4.10. The molecule has 19 heavy (non-hydrogen) atoms. The summed E-state index contributed by atoms with van der Waals surface area (Å²) in [6.45, 7) is 2.22. The maximum absolute atomic E-state index is 13.1. The lowest BCUT2D eigenvalue weighted by Gasteiger charge is -2.15. The van der Waals surface area contributed by atoms with Gasteiger partial charge in [-0.25, -0.2) is 8.78 Å². The number of nitrogens with one attached hydrogen (secondary N) is 1. The normalized spacial score (nSPS) is 12.0. The van der Waals surface area contributed by atoms with Crippen molar-refractivity contribution >= 4 is 11.8 Å². The van der Waals surface area contributed by atoms with Crippen molar-refractivity contribution < 1.29 is 23.1 Å². The van der Waals surface area contributed by atoms with E-state index in [-0.39, 0.29) is 12.0 Å². The van der Waals surface area contributed by atoms with Gasteiger partial charge in [0.05, 0.1) is 19.6 Å². The first-order valence-corrected chi connectivity index (χ1v) is 5.79. The lowest BCUT2D eigenvalue weighted by Crippen LogP contribution is -2.38. The first-order chi connectivity index (χ1) is 8.99. The molecule has 0 aliphatic heterocycles. The van der Waals surface area contributed by atoms with Crippen LogP contribution >= 0.6 is 0 Å². The number of hydrogen-bond acceptors (Lipinski definition) is 4. The van der Waals surface area contributed by atoms with Gasteiger partial charge < -0.3 is 10.1 Å². The molecular weight excluding hydrogens is 256 g/mol. The molecule has 0 saturated heterocycles. The summed E-state index contributed by atoms with van der Waals surface area (Å²) in [5, 5.41) is 2.81. The number of ether oxygens (including phenoxy) is 1. The molecule has 0 aliphatic carbocycles. The molecule has 1 aromatic carbocycles. The zero-order valence-electron chi connectivity index (χ0n) is 10.7. The SMILES string of the molecule is CCNC(CC(=O)OC)C(=O)c1ccc(F)c(F)c1. The van der Waals surface area contributed by atoms with Crippen molar-refractivity contribution in [2.24, 2.45) is 0 Å². The van der Waals surface area contributed by atoms with E-state index in [1.165, 1.54) is 13.2 Å². The number of ketones is 1. The molecule has 0 aromatic heterocycles. The molecule has 0 spiro atoms. The summed E-state index contributed by atoms with van der Waals surface area (Å²) in [7, 11) is 1.22. The number of carbonyl (C=O) groups is 2. The highest BCUT2D eigenvalue weighted by atomic mass is 19.2. The monoisotopic (exact) mass is 271 g/mol. The van der Waals surface area contributed by atoms with E-state index < -0.39 is 29.4 Å². The van der Waals surface area contributed by atoms with Gasteiger partial charge in [-0.1, -0.05) is 6.92 Å². The smallest absolute Gasteiger partial charge is 0.307 e. The van der Waals surface area contributed by atoms with E-state index in [1.54, 1.807) is 6.92 Å². The lowest BCUT2D eigenvalue weighted by molar-refractivity contribution is -0.140. The predicted molar refractivity (Wildman–Crippen MR) is 64.8 cm³/mol. The summed E-state index contributed by atoms with van der Waals surface area (Å²) in [5.41, 5.74) is 0.00810. The van der Waals surface area contributed by atoms with Crippen molar-refractivity contribution in [3.05, 3.63) is 35.4 Å². The second-order valence-electron chi connectivity index (χ2n) is 3.88. The van der Waals surface area contributed by atoms with Crippen LogP contribution in [0.2, 0.25) is 0 Å². The third-order valence-corrected chi connectivity index (χ3v) is 2.57. The minimum Gasteiger partial charge on any atom is -0.469 e. The molecule has 1 aromatic rings. The molecule has 0 saturated carbocycles. The van der Waals surface area contributed by atoms with Crippen LogP contribution in [0.15, 0.2) is 18.2 Å². The van der Waals surface area contributed by atoms with Crippen LogP contribution in [-0.2, 0) is 9.53 Å². The predicted octanol–water partition coefficient (Wildman–Crippen LogP) is 1.69. The van der Waals surface area contributed by atoms with Crippen molar-refractivity contribution in [3.8, 4) is 0 Å². The molecule has 1 N–H and O–H groups in total. The topological polar surface area (TPSA) is 55.4 Å². The van der Waals surface area contributed by atoms with Gasteiger partial charge in [0, 0.05) is 5.56 Å². The summed E-state index contributed by atoms with van der Waals surface area (Å²) < 4.78 is 30.4. The highest BCUT2D eigenvalue weighted by molar-refractivity contribution is 6.01. The van der Waals surface area contributed by atoms with E-state index in [0.717, 1.165) is 12.1 Å². The van der Waals surface area contributed by atoms with Crippen LogP contribution in [-0.4, -0.2) is 31.4 Å². The maximum Gasteiger partial charge on any atom is 0.307 e. The summed E-state index contributed by atoms with van der Waals surface area (Å²) >= 11 is 0. The Morgan fingerprint density at radius 3 is 2.53 bits per heavy atom. The fourth-order valence-electron chi connectivity index (χ4n) is 1.60. The van der Waals surface area contributed by atoms with Crippen molar-refractivity contribution in [1.29, 1.82) is 0 Å². The Bertz CT molecular complexity index is 477. The van der Waals surface area contributed by atoms with Gasteiger partial charge in [-0.15, -0.1) is 0 Å². The van der Waals surface area contributed by atoms with E-state index in [9.17, 15) is 18.4 Å². The van der Waals surface area contributed by atoms with Gasteiger partial charge in [-0.3, -0.25) is 9.59 Å². The molecule has 0 aliphatic rings. The van der Waals surface area contributed by atoms with E-state index in [1.807, 2.05) is 0 Å². The van der Waals surface area contributed by atoms with Crippen LogP contribution in [0.25, 0.3) is 0 Å². The number of hydrogen-bond donors (Lipinski definition) is 1. The average molecular weight is 271 g/mol. The second kappa shape index (κ2) is 6.94. The van der Waals surface area contributed by atoms with Gasteiger partial charge in [0.25, 0.3) is 0 Å². The Labute approximate surface area is 109 Å². The molecule has 104 valence electrons. The summed E-state index contributed by atoms with van der Waals surface area (Å²) in [4.78, 5) is 23.3. The molecule has 6 heteroatoms. The Hall–Kier alpha value is -1.82. The summed E-state index contributed by atoms with van der Waals surface area (Å²) in [5.74, 6) is -3.16. The highest BCUT2D eigenvalue weighted by Crippen LogP contribution is 2.12. The van der Waals surface area contributed by atoms with Crippen molar-refractivity contribution in [2.45, 2.75) is 19.4 Å². The van der Waals surface area contributed by atoms with E-state index in [2.05, 4.69) is 10.1 Å². The van der Waals surface area contributed by atoms with Crippen LogP contribution < -0.4 is 5.32 Å². The number of Topliss-reactive ketones (excluding diaryl/α,β-unsaturated/α-hetero) is 1. The van der Waals surface area contributed by atoms with Gasteiger partial charge in [-0.2, -0.15) is 0 Å². The Morgan fingerprint density at radius 1 is 1.32 bits per heavy atom.